The van der Waals surface area contributed by atoms with Crippen LogP contribution in [0.25, 0.3) is 0 Å². The van der Waals surface area contributed by atoms with E-state index in [-0.39, 0.29) is 12.7 Å². The number of carbonyl (C=O) groups excluding carboxylic acids is 1. The van der Waals surface area contributed by atoms with E-state index in [2.05, 4.69) is 11.6 Å². The average Bonchev–Trinajstić information content (AvgIpc) is 2.71. The molecular weight excluding hydrogens is 396 g/mol. The molecule has 0 fully saturated rings. The summed E-state index contributed by atoms with van der Waals surface area (Å²) in [5.41, 5.74) is 6.04. The molecule has 1 rings (SSSR count). The predicted molar refractivity (Wildman–Crippen MR) is 127 cm³/mol. The molecule has 0 atom stereocenters. The molecule has 0 heterocycles. The van der Waals surface area contributed by atoms with E-state index in [1.165, 1.54) is 101 Å². The fourth-order valence-electron chi connectivity index (χ4n) is 3.56. The van der Waals surface area contributed by atoms with Crippen LogP contribution in [-0.4, -0.2) is 14.3 Å². The predicted octanol–water partition coefficient (Wildman–Crippen LogP) is 6.45. The van der Waals surface area contributed by atoms with Crippen LogP contribution in [0.4, 0.5) is 5.69 Å². The maximum absolute atomic E-state index is 12.1. The molecule has 30 heavy (non-hydrogen) atoms. The van der Waals surface area contributed by atoms with Crippen molar-refractivity contribution in [2.45, 2.75) is 115 Å². The Kier molecular flexibility index (Phi) is 14.3. The Hall–Kier alpha value is -1.56. The fraction of sp³-hybridized carbons (Fsp3) is 0.708. The normalized spacial score (nSPS) is 11.5. The molecule has 3 N–H and O–H groups in total. The minimum atomic E-state index is -3.80. The van der Waals surface area contributed by atoms with Gasteiger partial charge in [-0.25, -0.2) is 13.1 Å². The first-order chi connectivity index (χ1) is 14.5. The second-order valence-electron chi connectivity index (χ2n) is 8.30. The molecule has 0 aliphatic heterocycles. The number of nitrogens with one attached hydrogen (secondary N) is 1. The van der Waals surface area contributed by atoms with Crippen LogP contribution >= 0.6 is 0 Å². The smallest absolute Gasteiger partial charge is 0.399 e. The van der Waals surface area contributed by atoms with E-state index in [9.17, 15) is 13.2 Å². The summed E-state index contributed by atoms with van der Waals surface area (Å²) in [5.74, 6) is -0.443. The van der Waals surface area contributed by atoms with Crippen molar-refractivity contribution in [2.24, 2.45) is 0 Å². The maximum atomic E-state index is 12.1. The third kappa shape index (κ3) is 12.9. The molecule has 0 aliphatic rings. The van der Waals surface area contributed by atoms with Gasteiger partial charge in [0, 0.05) is 12.1 Å². The molecule has 1 aromatic rings. The molecule has 1 amide bonds. The minimum absolute atomic E-state index is 0. The molecule has 0 unspecified atom stereocenters. The average molecular weight is 440 g/mol. The number of nitrogen functional groups attached to an aromatic ring is 1. The highest BCUT2D eigenvalue weighted by atomic mass is 32.2. The molecule has 0 aromatic heterocycles. The van der Waals surface area contributed by atoms with Crippen LogP contribution in [0.3, 0.4) is 0 Å². The summed E-state index contributed by atoms with van der Waals surface area (Å²) in [6, 6.07) is 5.82. The van der Waals surface area contributed by atoms with E-state index in [4.69, 9.17) is 5.73 Å². The van der Waals surface area contributed by atoms with Gasteiger partial charge in [0.2, 0.25) is 5.91 Å². The molecule has 0 aliphatic carbocycles. The number of unbranched alkanes of at least 4 members (excludes halogenated alkanes) is 14. The van der Waals surface area contributed by atoms with Crippen molar-refractivity contribution >= 4 is 21.6 Å². The largest absolute Gasteiger partial charge is 1.00 e. The SMILES string of the molecule is CCCCCCCCCCCCCCCCCC(=O)NS(=O)(=O)c1ccc(N)cc1.[H+]. The summed E-state index contributed by atoms with van der Waals surface area (Å²) < 4.78 is 26.4. The molecule has 1 aromatic carbocycles. The summed E-state index contributed by atoms with van der Waals surface area (Å²) in [6.07, 6.45) is 19.2. The van der Waals surface area contributed by atoms with Gasteiger partial charge in [0.25, 0.3) is 10.0 Å². The van der Waals surface area contributed by atoms with Crippen LogP contribution in [-0.2, 0) is 14.8 Å². The molecule has 0 radical (unpaired) electrons. The van der Waals surface area contributed by atoms with Gasteiger partial charge in [-0.2, -0.15) is 0 Å². The lowest BCUT2D eigenvalue weighted by molar-refractivity contribution is -0.119. The van der Waals surface area contributed by atoms with Crippen molar-refractivity contribution in [2.75, 3.05) is 5.73 Å². The van der Waals surface area contributed by atoms with E-state index >= 15 is 0 Å². The first kappa shape index (κ1) is 26.5. The van der Waals surface area contributed by atoms with Crippen LogP contribution in [0.1, 0.15) is 111 Å². The summed E-state index contributed by atoms with van der Waals surface area (Å²) >= 11 is 0. The molecule has 5 nitrogen and oxygen atoms in total. The number of anilines is 1. The third-order valence-corrected chi connectivity index (χ3v) is 6.84. The van der Waals surface area contributed by atoms with Crippen LogP contribution in [0.2, 0.25) is 0 Å². The lowest BCUT2D eigenvalue weighted by atomic mass is 10.0. The highest BCUT2D eigenvalue weighted by Gasteiger charge is 2.16. The van der Waals surface area contributed by atoms with E-state index in [1.54, 1.807) is 0 Å². The number of sulfonamides is 1. The Balaban J connectivity index is 0.00000900. The van der Waals surface area contributed by atoms with Gasteiger partial charge in [0.05, 0.1) is 4.90 Å². The molecule has 0 saturated carbocycles. The van der Waals surface area contributed by atoms with Crippen LogP contribution < -0.4 is 10.5 Å². The van der Waals surface area contributed by atoms with Crippen molar-refractivity contribution in [3.8, 4) is 0 Å². The quantitative estimate of drug-likeness (QED) is 0.203. The maximum Gasteiger partial charge on any atom is 1.00 e. The fourth-order valence-corrected chi connectivity index (χ4v) is 4.58. The zero-order valence-corrected chi connectivity index (χ0v) is 19.6. The first-order valence-electron chi connectivity index (χ1n) is 11.9. The summed E-state index contributed by atoms with van der Waals surface area (Å²) in [7, 11) is -3.80. The number of nitrogens with two attached hydrogens (primary N) is 1. The topological polar surface area (TPSA) is 89.3 Å². The number of amides is 1. The minimum Gasteiger partial charge on any atom is -0.399 e. The molecule has 6 heteroatoms. The van der Waals surface area contributed by atoms with Crippen LogP contribution in [0, 0.1) is 0 Å². The molecule has 0 spiro atoms. The van der Waals surface area contributed by atoms with Gasteiger partial charge < -0.3 is 5.73 Å². The lowest BCUT2D eigenvalue weighted by Gasteiger charge is -2.07. The molecule has 0 bridgehead atoms. The number of hydrogen-bond donors (Lipinski definition) is 2. The van der Waals surface area contributed by atoms with Gasteiger partial charge in [-0.15, -0.1) is 0 Å². The van der Waals surface area contributed by atoms with Crippen molar-refractivity contribution in [1.82, 2.24) is 4.72 Å². The Labute approximate surface area is 185 Å². The van der Waals surface area contributed by atoms with Gasteiger partial charge in [-0.05, 0) is 30.7 Å². The zero-order chi connectivity index (χ0) is 22.1. The van der Waals surface area contributed by atoms with Crippen molar-refractivity contribution < 1.29 is 14.6 Å². The summed E-state index contributed by atoms with van der Waals surface area (Å²) in [6.45, 7) is 2.26. The highest BCUT2D eigenvalue weighted by Crippen LogP contribution is 2.14. The Morgan fingerprint density at radius 1 is 0.767 bits per heavy atom. The first-order valence-corrected chi connectivity index (χ1v) is 13.3. The number of carbonyl (C=O) groups is 1. The second kappa shape index (κ2) is 16.2. The van der Waals surface area contributed by atoms with Crippen LogP contribution in [0.5, 0.6) is 0 Å². The third-order valence-electron chi connectivity index (χ3n) is 5.45. The van der Waals surface area contributed by atoms with E-state index in [0.717, 1.165) is 19.3 Å². The lowest BCUT2D eigenvalue weighted by Crippen LogP contribution is -2.30. The number of rotatable bonds is 18. The van der Waals surface area contributed by atoms with E-state index < -0.39 is 15.9 Å². The van der Waals surface area contributed by atoms with Gasteiger partial charge >= 0.3 is 1.43 Å². The number of hydrogen-bond acceptors (Lipinski definition) is 4. The van der Waals surface area contributed by atoms with Crippen molar-refractivity contribution in [3.63, 3.8) is 0 Å². The van der Waals surface area contributed by atoms with Crippen LogP contribution in [0.15, 0.2) is 29.2 Å². The van der Waals surface area contributed by atoms with E-state index in [0.29, 0.717) is 5.69 Å². The van der Waals surface area contributed by atoms with Gasteiger partial charge in [0.1, 0.15) is 0 Å². The zero-order valence-electron chi connectivity index (χ0n) is 19.8. The molecule has 0 saturated heterocycles. The Morgan fingerprint density at radius 2 is 1.17 bits per heavy atom. The Morgan fingerprint density at radius 3 is 1.60 bits per heavy atom. The molecular formula is C24H43N2O3S+. The summed E-state index contributed by atoms with van der Waals surface area (Å²) in [4.78, 5) is 12.0. The monoisotopic (exact) mass is 439 g/mol. The van der Waals surface area contributed by atoms with Gasteiger partial charge in [-0.1, -0.05) is 96.8 Å². The number of benzene rings is 1. The second-order valence-corrected chi connectivity index (χ2v) is 9.98. The van der Waals surface area contributed by atoms with E-state index in [1.807, 2.05) is 0 Å². The molecule has 172 valence electrons. The highest BCUT2D eigenvalue weighted by molar-refractivity contribution is 7.90. The Bertz CT molecular complexity index is 679. The van der Waals surface area contributed by atoms with Crippen molar-refractivity contribution in [1.29, 1.82) is 0 Å². The summed E-state index contributed by atoms with van der Waals surface area (Å²) in [5, 5.41) is 0. The standard InChI is InChI=1S/C24H42N2O3S/c1-2-3-4-5-6-7-8-9-10-11-12-13-14-15-16-17-24(27)26-30(28,29)23-20-18-22(25)19-21-23/h18-21H,2-17,25H2,1H3,(H,26,27)/p+1. The van der Waals surface area contributed by atoms with Gasteiger partial charge in [0.15, 0.2) is 0 Å². The van der Waals surface area contributed by atoms with Crippen molar-refractivity contribution in [3.05, 3.63) is 24.3 Å². The van der Waals surface area contributed by atoms with Gasteiger partial charge in [-0.3, -0.25) is 4.79 Å².